The minimum Gasteiger partial charge on any atom is -0.506 e. The Balaban J connectivity index is 0.000000221. The average molecular weight is 219 g/mol. The van der Waals surface area contributed by atoms with E-state index in [4.69, 9.17) is 4.74 Å². The predicted molar refractivity (Wildman–Crippen MR) is 65.6 cm³/mol. The highest BCUT2D eigenvalue weighted by molar-refractivity contribution is 5.83. The lowest BCUT2D eigenvalue weighted by atomic mass is 10.2. The number of fused-ring (bicyclic) bond motifs is 1. The molecule has 3 heteroatoms. The molecule has 2 rings (SSSR count). The molecule has 0 saturated carbocycles. The topological polar surface area (TPSA) is 42.4 Å². The lowest BCUT2D eigenvalue weighted by Gasteiger charge is -1.96. The van der Waals surface area contributed by atoms with Crippen molar-refractivity contribution in [2.45, 2.75) is 13.8 Å². The number of aromatic hydroxyl groups is 1. The standard InChI is InChI=1S/C9H7NO.C4H10O/c11-8-5-1-3-7-4-2-6-10-9(7)8;1-3-5-4-2/h1-6,11H;3-4H2,1-2H3. The molecule has 1 aromatic carbocycles. The number of pyridine rings is 1. The molecule has 2 aromatic rings. The lowest BCUT2D eigenvalue weighted by Crippen LogP contribution is -1.84. The fraction of sp³-hybridized carbons (Fsp3) is 0.308. The monoisotopic (exact) mass is 219 g/mol. The van der Waals surface area contributed by atoms with Crippen LogP contribution in [0.25, 0.3) is 10.9 Å². The van der Waals surface area contributed by atoms with Gasteiger partial charge in [0.05, 0.1) is 0 Å². The fourth-order valence-corrected chi connectivity index (χ4v) is 1.29. The third-order valence-electron chi connectivity index (χ3n) is 2.02. The van der Waals surface area contributed by atoms with Gasteiger partial charge in [0.2, 0.25) is 0 Å². The van der Waals surface area contributed by atoms with Gasteiger partial charge in [-0.1, -0.05) is 18.2 Å². The third kappa shape index (κ3) is 3.51. The molecule has 0 bridgehead atoms. The first-order valence-corrected chi connectivity index (χ1v) is 5.40. The molecular formula is C13H17NO2. The van der Waals surface area contributed by atoms with E-state index < -0.39 is 0 Å². The molecule has 0 amide bonds. The first-order chi connectivity index (χ1) is 7.79. The lowest BCUT2D eigenvalue weighted by molar-refractivity contribution is 0.162. The van der Waals surface area contributed by atoms with Crippen molar-refractivity contribution >= 4 is 10.9 Å². The van der Waals surface area contributed by atoms with Crippen LogP contribution >= 0.6 is 0 Å². The van der Waals surface area contributed by atoms with E-state index in [0.717, 1.165) is 18.6 Å². The van der Waals surface area contributed by atoms with Gasteiger partial charge in [-0.25, -0.2) is 0 Å². The molecule has 1 aromatic heterocycles. The van der Waals surface area contributed by atoms with E-state index in [1.54, 1.807) is 18.3 Å². The molecule has 0 atom stereocenters. The van der Waals surface area contributed by atoms with Gasteiger partial charge in [-0.2, -0.15) is 0 Å². The highest BCUT2D eigenvalue weighted by Crippen LogP contribution is 2.20. The number of nitrogens with zero attached hydrogens (tertiary/aromatic N) is 1. The Labute approximate surface area is 95.7 Å². The van der Waals surface area contributed by atoms with Crippen LogP contribution in [0.5, 0.6) is 5.75 Å². The van der Waals surface area contributed by atoms with Gasteiger partial charge in [-0.3, -0.25) is 4.98 Å². The number of benzene rings is 1. The molecule has 1 heterocycles. The molecule has 0 saturated heterocycles. The highest BCUT2D eigenvalue weighted by Gasteiger charge is 1.96. The van der Waals surface area contributed by atoms with Crippen LogP contribution in [0, 0.1) is 0 Å². The average Bonchev–Trinajstić information content (AvgIpc) is 2.32. The van der Waals surface area contributed by atoms with Crippen LogP contribution in [-0.4, -0.2) is 23.3 Å². The van der Waals surface area contributed by atoms with Crippen molar-refractivity contribution in [2.75, 3.05) is 13.2 Å². The second-order valence-electron chi connectivity index (χ2n) is 3.13. The van der Waals surface area contributed by atoms with E-state index in [9.17, 15) is 5.11 Å². The molecule has 0 unspecified atom stereocenters. The minimum atomic E-state index is 0.239. The summed E-state index contributed by atoms with van der Waals surface area (Å²) in [6.07, 6.45) is 1.67. The first kappa shape index (κ1) is 12.5. The van der Waals surface area contributed by atoms with Crippen molar-refractivity contribution in [3.63, 3.8) is 0 Å². The van der Waals surface area contributed by atoms with Gasteiger partial charge in [-0.15, -0.1) is 0 Å². The number of aromatic nitrogens is 1. The molecule has 0 aliphatic carbocycles. The first-order valence-electron chi connectivity index (χ1n) is 5.40. The number of hydrogen-bond acceptors (Lipinski definition) is 3. The molecule has 0 radical (unpaired) electrons. The van der Waals surface area contributed by atoms with Gasteiger partial charge >= 0.3 is 0 Å². The Kier molecular flexibility index (Phi) is 5.29. The van der Waals surface area contributed by atoms with Crippen LogP contribution in [0.15, 0.2) is 36.5 Å². The van der Waals surface area contributed by atoms with Gasteiger partial charge in [-0.05, 0) is 26.0 Å². The number of hydrogen-bond donors (Lipinski definition) is 1. The predicted octanol–water partition coefficient (Wildman–Crippen LogP) is 2.98. The van der Waals surface area contributed by atoms with E-state index in [0.29, 0.717) is 5.52 Å². The molecule has 16 heavy (non-hydrogen) atoms. The second-order valence-corrected chi connectivity index (χ2v) is 3.13. The molecular weight excluding hydrogens is 202 g/mol. The number of phenols is 1. The summed E-state index contributed by atoms with van der Waals surface area (Å²) in [5.41, 5.74) is 0.662. The summed E-state index contributed by atoms with van der Waals surface area (Å²) in [4.78, 5) is 4.03. The van der Waals surface area contributed by atoms with Crippen LogP contribution < -0.4 is 0 Å². The van der Waals surface area contributed by atoms with Crippen LogP contribution in [-0.2, 0) is 4.74 Å². The quantitative estimate of drug-likeness (QED) is 0.844. The minimum absolute atomic E-state index is 0.239. The largest absolute Gasteiger partial charge is 0.506 e. The van der Waals surface area contributed by atoms with Crippen molar-refractivity contribution < 1.29 is 9.84 Å². The SMILES string of the molecule is CCOCC.Oc1cccc2cccnc12. The molecule has 1 N–H and O–H groups in total. The van der Waals surface area contributed by atoms with Gasteiger partial charge in [0.25, 0.3) is 0 Å². The van der Waals surface area contributed by atoms with E-state index in [2.05, 4.69) is 4.98 Å². The van der Waals surface area contributed by atoms with Crippen LogP contribution in [0.4, 0.5) is 0 Å². The summed E-state index contributed by atoms with van der Waals surface area (Å²) in [5.74, 6) is 0.239. The highest BCUT2D eigenvalue weighted by atomic mass is 16.5. The Morgan fingerprint density at radius 1 is 1.12 bits per heavy atom. The van der Waals surface area contributed by atoms with Crippen molar-refractivity contribution in [1.29, 1.82) is 0 Å². The Bertz CT molecular complexity index is 422. The Morgan fingerprint density at radius 2 is 1.81 bits per heavy atom. The van der Waals surface area contributed by atoms with E-state index in [1.807, 2.05) is 32.0 Å². The molecule has 0 spiro atoms. The normalized spacial score (nSPS) is 9.62. The summed E-state index contributed by atoms with van der Waals surface area (Å²) in [6, 6.07) is 9.13. The van der Waals surface area contributed by atoms with Crippen molar-refractivity contribution in [1.82, 2.24) is 4.98 Å². The second kappa shape index (κ2) is 6.80. The molecule has 0 aliphatic heterocycles. The van der Waals surface area contributed by atoms with Crippen molar-refractivity contribution in [2.24, 2.45) is 0 Å². The summed E-state index contributed by atoms with van der Waals surface area (Å²) < 4.78 is 4.83. The van der Waals surface area contributed by atoms with Gasteiger partial charge in [0.1, 0.15) is 11.3 Å². The Hall–Kier alpha value is -1.61. The summed E-state index contributed by atoms with van der Waals surface area (Å²) in [7, 11) is 0. The summed E-state index contributed by atoms with van der Waals surface area (Å²) >= 11 is 0. The van der Waals surface area contributed by atoms with E-state index >= 15 is 0 Å². The number of phenolic OH excluding ortho intramolecular Hbond substituents is 1. The molecule has 86 valence electrons. The van der Waals surface area contributed by atoms with Gasteiger partial charge in [0, 0.05) is 24.8 Å². The van der Waals surface area contributed by atoms with E-state index in [1.165, 1.54) is 0 Å². The molecule has 3 nitrogen and oxygen atoms in total. The number of rotatable bonds is 2. The van der Waals surface area contributed by atoms with Crippen LogP contribution in [0.3, 0.4) is 0 Å². The zero-order chi connectivity index (χ0) is 11.8. The maximum Gasteiger partial charge on any atom is 0.141 e. The fourth-order valence-electron chi connectivity index (χ4n) is 1.29. The van der Waals surface area contributed by atoms with Gasteiger partial charge < -0.3 is 9.84 Å². The van der Waals surface area contributed by atoms with Crippen LogP contribution in [0.2, 0.25) is 0 Å². The third-order valence-corrected chi connectivity index (χ3v) is 2.02. The number of ether oxygens (including phenoxy) is 1. The zero-order valence-electron chi connectivity index (χ0n) is 9.68. The summed E-state index contributed by atoms with van der Waals surface area (Å²) in [6.45, 7) is 5.67. The van der Waals surface area contributed by atoms with Crippen molar-refractivity contribution in [3.8, 4) is 5.75 Å². The zero-order valence-corrected chi connectivity index (χ0v) is 9.68. The number of para-hydroxylation sites is 1. The molecule has 0 aliphatic rings. The maximum absolute atomic E-state index is 9.31. The van der Waals surface area contributed by atoms with Gasteiger partial charge in [0.15, 0.2) is 0 Å². The maximum atomic E-state index is 9.31. The van der Waals surface area contributed by atoms with E-state index in [-0.39, 0.29) is 5.75 Å². The van der Waals surface area contributed by atoms with Crippen molar-refractivity contribution in [3.05, 3.63) is 36.5 Å². The summed E-state index contributed by atoms with van der Waals surface area (Å²) in [5, 5.41) is 10.3. The smallest absolute Gasteiger partial charge is 0.141 e. The molecule has 0 fully saturated rings. The Morgan fingerprint density at radius 3 is 2.38 bits per heavy atom. The van der Waals surface area contributed by atoms with Crippen LogP contribution in [0.1, 0.15) is 13.8 Å².